The highest BCUT2D eigenvalue weighted by Gasteiger charge is 2.31. The second-order valence-corrected chi connectivity index (χ2v) is 3.58. The first kappa shape index (κ1) is 7.29. The van der Waals surface area contributed by atoms with E-state index in [0.717, 1.165) is 32.3 Å². The van der Waals surface area contributed by atoms with Crippen LogP contribution in [0.5, 0.6) is 0 Å². The van der Waals surface area contributed by atoms with Gasteiger partial charge in [-0.3, -0.25) is 4.79 Å². The molecular weight excluding hydrogens is 140 g/mol. The fourth-order valence-electron chi connectivity index (χ4n) is 1.60. The van der Waals surface area contributed by atoms with Crippen LogP contribution in [0.3, 0.4) is 0 Å². The molecule has 1 saturated carbocycles. The highest BCUT2D eigenvalue weighted by molar-refractivity contribution is 5.83. The Labute approximate surface area is 66.9 Å². The summed E-state index contributed by atoms with van der Waals surface area (Å²) in [6.07, 6.45) is 5.45. The number of hydrogen-bond acceptors (Lipinski definition) is 2. The highest BCUT2D eigenvalue weighted by Crippen LogP contribution is 2.32. The van der Waals surface area contributed by atoms with Gasteiger partial charge in [0.05, 0.1) is 6.10 Å². The molecule has 1 aliphatic heterocycles. The number of hydrogen-bond donors (Lipinski definition) is 0. The Bertz CT molecular complexity index is 155. The Morgan fingerprint density at radius 2 is 2.18 bits per heavy atom. The normalized spacial score (nSPS) is 30.7. The predicted molar refractivity (Wildman–Crippen MR) is 41.3 cm³/mol. The average molecular weight is 154 g/mol. The van der Waals surface area contributed by atoms with Crippen LogP contribution in [0, 0.1) is 5.92 Å². The quantitative estimate of drug-likeness (QED) is 0.616. The Balaban J connectivity index is 1.74. The fraction of sp³-hybridized carbons (Fsp3) is 0.889. The summed E-state index contributed by atoms with van der Waals surface area (Å²) < 4.78 is 5.38. The smallest absolute Gasteiger partial charge is 0.138 e. The number of carbonyl (C=O) groups excluding carboxylic acids is 1. The maximum atomic E-state index is 11.3. The predicted octanol–water partition coefficient (Wildman–Crippen LogP) is 1.53. The summed E-state index contributed by atoms with van der Waals surface area (Å²) in [4.78, 5) is 11.3. The molecule has 0 N–H and O–H groups in total. The lowest BCUT2D eigenvalue weighted by Crippen LogP contribution is -2.13. The van der Waals surface area contributed by atoms with Crippen molar-refractivity contribution in [1.82, 2.24) is 0 Å². The molecule has 1 heterocycles. The standard InChI is InChI=1S/C9H14O2/c10-9(7-3-4-7)6-8-2-1-5-11-8/h7-8H,1-6H2. The second kappa shape index (κ2) is 2.94. The largest absolute Gasteiger partial charge is 0.378 e. The number of Topliss-reactive ketones (excluding diaryl/α,β-unsaturated/α-hetero) is 1. The van der Waals surface area contributed by atoms with Crippen LogP contribution in [0.2, 0.25) is 0 Å². The number of carbonyl (C=O) groups is 1. The van der Waals surface area contributed by atoms with Crippen molar-refractivity contribution < 1.29 is 9.53 Å². The van der Waals surface area contributed by atoms with Crippen LogP contribution < -0.4 is 0 Å². The van der Waals surface area contributed by atoms with Gasteiger partial charge in [0.15, 0.2) is 0 Å². The van der Waals surface area contributed by atoms with Gasteiger partial charge in [0.25, 0.3) is 0 Å². The van der Waals surface area contributed by atoms with Crippen LogP contribution in [0.4, 0.5) is 0 Å². The zero-order valence-electron chi connectivity index (χ0n) is 6.71. The molecule has 0 aromatic carbocycles. The van der Waals surface area contributed by atoms with Crippen molar-refractivity contribution in [3.05, 3.63) is 0 Å². The first-order valence-electron chi connectivity index (χ1n) is 4.50. The van der Waals surface area contributed by atoms with E-state index in [1.807, 2.05) is 0 Å². The van der Waals surface area contributed by atoms with Gasteiger partial charge >= 0.3 is 0 Å². The van der Waals surface area contributed by atoms with Crippen molar-refractivity contribution in [2.75, 3.05) is 6.61 Å². The third kappa shape index (κ3) is 1.80. The molecule has 2 fully saturated rings. The molecule has 0 spiro atoms. The Kier molecular flexibility index (Phi) is 1.95. The summed E-state index contributed by atoms with van der Waals surface area (Å²) in [6, 6.07) is 0. The Morgan fingerprint density at radius 1 is 1.36 bits per heavy atom. The molecule has 0 amide bonds. The van der Waals surface area contributed by atoms with Gasteiger partial charge in [-0.2, -0.15) is 0 Å². The van der Waals surface area contributed by atoms with Gasteiger partial charge in [-0.1, -0.05) is 0 Å². The van der Waals surface area contributed by atoms with Crippen LogP contribution in [-0.2, 0) is 9.53 Å². The van der Waals surface area contributed by atoms with Crippen LogP contribution >= 0.6 is 0 Å². The summed E-state index contributed by atoms with van der Waals surface area (Å²) in [6.45, 7) is 0.864. The summed E-state index contributed by atoms with van der Waals surface area (Å²) in [5.74, 6) is 0.857. The average Bonchev–Trinajstić information content (AvgIpc) is 2.73. The van der Waals surface area contributed by atoms with Crippen LogP contribution in [0.1, 0.15) is 32.1 Å². The molecule has 11 heavy (non-hydrogen) atoms. The summed E-state index contributed by atoms with van der Waals surface area (Å²) in [5.41, 5.74) is 0. The minimum Gasteiger partial charge on any atom is -0.378 e. The maximum absolute atomic E-state index is 11.3. The number of rotatable bonds is 3. The molecule has 2 aliphatic rings. The topological polar surface area (TPSA) is 26.3 Å². The molecule has 2 heteroatoms. The number of ether oxygens (including phenoxy) is 1. The lowest BCUT2D eigenvalue weighted by atomic mass is 10.1. The third-order valence-corrected chi connectivity index (χ3v) is 2.49. The van der Waals surface area contributed by atoms with E-state index >= 15 is 0 Å². The summed E-state index contributed by atoms with van der Waals surface area (Å²) in [7, 11) is 0. The molecule has 0 aromatic rings. The van der Waals surface area contributed by atoms with E-state index in [1.54, 1.807) is 0 Å². The van der Waals surface area contributed by atoms with Crippen LogP contribution in [-0.4, -0.2) is 18.5 Å². The second-order valence-electron chi connectivity index (χ2n) is 3.58. The van der Waals surface area contributed by atoms with Crippen molar-refractivity contribution >= 4 is 5.78 Å². The molecule has 2 rings (SSSR count). The maximum Gasteiger partial charge on any atom is 0.138 e. The van der Waals surface area contributed by atoms with E-state index < -0.39 is 0 Å². The third-order valence-electron chi connectivity index (χ3n) is 2.49. The fourth-order valence-corrected chi connectivity index (χ4v) is 1.60. The molecule has 1 unspecified atom stereocenters. The Morgan fingerprint density at radius 3 is 2.73 bits per heavy atom. The molecular formula is C9H14O2. The van der Waals surface area contributed by atoms with Gasteiger partial charge in [-0.05, 0) is 25.7 Å². The van der Waals surface area contributed by atoms with Crippen molar-refractivity contribution in [3.63, 3.8) is 0 Å². The molecule has 2 nitrogen and oxygen atoms in total. The Hall–Kier alpha value is -0.370. The minimum atomic E-state index is 0.267. The number of ketones is 1. The van der Waals surface area contributed by atoms with E-state index in [0.29, 0.717) is 18.1 Å². The first-order chi connectivity index (χ1) is 5.36. The lowest BCUT2D eigenvalue weighted by molar-refractivity contribution is -0.122. The van der Waals surface area contributed by atoms with Crippen LogP contribution in [0.15, 0.2) is 0 Å². The molecule has 1 saturated heterocycles. The monoisotopic (exact) mass is 154 g/mol. The zero-order chi connectivity index (χ0) is 7.68. The van der Waals surface area contributed by atoms with E-state index in [-0.39, 0.29) is 6.10 Å². The minimum absolute atomic E-state index is 0.267. The van der Waals surface area contributed by atoms with Gasteiger partial charge in [0.1, 0.15) is 5.78 Å². The summed E-state index contributed by atoms with van der Waals surface area (Å²) in [5, 5.41) is 0. The lowest BCUT2D eigenvalue weighted by Gasteiger charge is -2.06. The van der Waals surface area contributed by atoms with Gasteiger partial charge in [-0.25, -0.2) is 0 Å². The molecule has 1 aliphatic carbocycles. The summed E-state index contributed by atoms with van der Waals surface area (Å²) >= 11 is 0. The van der Waals surface area contributed by atoms with Gasteiger partial charge in [0.2, 0.25) is 0 Å². The first-order valence-corrected chi connectivity index (χ1v) is 4.50. The van der Waals surface area contributed by atoms with Gasteiger partial charge in [0, 0.05) is 18.9 Å². The molecule has 0 aromatic heterocycles. The molecule has 1 atom stereocenters. The zero-order valence-corrected chi connectivity index (χ0v) is 6.71. The van der Waals surface area contributed by atoms with E-state index in [1.165, 1.54) is 0 Å². The van der Waals surface area contributed by atoms with E-state index in [2.05, 4.69) is 0 Å². The molecule has 62 valence electrons. The van der Waals surface area contributed by atoms with E-state index in [4.69, 9.17) is 4.74 Å². The van der Waals surface area contributed by atoms with Crippen LogP contribution in [0.25, 0.3) is 0 Å². The van der Waals surface area contributed by atoms with Crippen molar-refractivity contribution in [1.29, 1.82) is 0 Å². The van der Waals surface area contributed by atoms with E-state index in [9.17, 15) is 4.79 Å². The molecule has 0 bridgehead atoms. The molecule has 0 radical (unpaired) electrons. The van der Waals surface area contributed by atoms with Gasteiger partial charge in [-0.15, -0.1) is 0 Å². The SMILES string of the molecule is O=C(CC1CCCO1)C1CC1. The highest BCUT2D eigenvalue weighted by atomic mass is 16.5. The van der Waals surface area contributed by atoms with Gasteiger partial charge < -0.3 is 4.74 Å². The van der Waals surface area contributed by atoms with Crippen molar-refractivity contribution in [2.24, 2.45) is 5.92 Å². The van der Waals surface area contributed by atoms with Crippen molar-refractivity contribution in [3.8, 4) is 0 Å². The van der Waals surface area contributed by atoms with Crippen molar-refractivity contribution in [2.45, 2.75) is 38.2 Å².